The molecule has 4 heteroatoms. The summed E-state index contributed by atoms with van der Waals surface area (Å²) in [5, 5.41) is 8.69. The lowest BCUT2D eigenvalue weighted by atomic mass is 10.2. The number of carbonyl (C=O) groups is 1. The van der Waals surface area contributed by atoms with Crippen molar-refractivity contribution >= 4 is 5.97 Å². The molecule has 2 saturated heterocycles. The first-order valence-electron chi connectivity index (χ1n) is 4.55. The second-order valence-corrected chi connectivity index (χ2v) is 3.75. The molecule has 0 saturated carbocycles. The Bertz CT molecular complexity index is 252. The minimum Gasteiger partial charge on any atom is -0.480 e. The highest BCUT2D eigenvalue weighted by atomic mass is 16.4. The lowest BCUT2D eigenvalue weighted by Crippen LogP contribution is -2.47. The van der Waals surface area contributed by atoms with Gasteiger partial charge in [0.05, 0.1) is 6.54 Å². The third kappa shape index (κ3) is 1.54. The topological polar surface area (TPSA) is 43.8 Å². The maximum Gasteiger partial charge on any atom is 0.317 e. The standard InChI is InChI=1S/C9H14N2O2/c1-7-4-11(6-9(12)13)8-2-3-10(7)5-8/h8H,1-6H2,(H,12,13). The van der Waals surface area contributed by atoms with E-state index in [4.69, 9.17) is 5.11 Å². The van der Waals surface area contributed by atoms with Crippen LogP contribution in [0.25, 0.3) is 0 Å². The summed E-state index contributed by atoms with van der Waals surface area (Å²) in [4.78, 5) is 14.8. The summed E-state index contributed by atoms with van der Waals surface area (Å²) in [7, 11) is 0. The monoisotopic (exact) mass is 182 g/mol. The first-order chi connectivity index (χ1) is 6.16. The lowest BCUT2D eigenvalue weighted by molar-refractivity contribution is -0.138. The van der Waals surface area contributed by atoms with Gasteiger partial charge >= 0.3 is 5.97 Å². The van der Waals surface area contributed by atoms with E-state index in [0.717, 1.165) is 31.8 Å². The summed E-state index contributed by atoms with van der Waals surface area (Å²) in [5.41, 5.74) is 1.06. The number of hydrogen-bond acceptors (Lipinski definition) is 3. The van der Waals surface area contributed by atoms with Crippen molar-refractivity contribution in [2.45, 2.75) is 12.5 Å². The fraction of sp³-hybridized carbons (Fsp3) is 0.667. The molecule has 0 spiro atoms. The highest BCUT2D eigenvalue weighted by molar-refractivity contribution is 5.69. The van der Waals surface area contributed by atoms with E-state index in [1.54, 1.807) is 0 Å². The van der Waals surface area contributed by atoms with Crippen molar-refractivity contribution in [3.63, 3.8) is 0 Å². The summed E-state index contributed by atoms with van der Waals surface area (Å²) < 4.78 is 0. The predicted molar refractivity (Wildman–Crippen MR) is 48.3 cm³/mol. The Morgan fingerprint density at radius 2 is 2.46 bits per heavy atom. The molecule has 2 bridgehead atoms. The highest BCUT2D eigenvalue weighted by Crippen LogP contribution is 2.25. The molecule has 2 aliphatic rings. The number of aliphatic carboxylic acids is 1. The van der Waals surface area contributed by atoms with E-state index in [1.165, 1.54) is 0 Å². The summed E-state index contributed by atoms with van der Waals surface area (Å²) in [6, 6.07) is 0.432. The second-order valence-electron chi connectivity index (χ2n) is 3.75. The molecule has 4 nitrogen and oxygen atoms in total. The lowest BCUT2D eigenvalue weighted by Gasteiger charge is -2.35. The molecule has 0 aromatic carbocycles. The van der Waals surface area contributed by atoms with Crippen LogP contribution in [0.5, 0.6) is 0 Å². The summed E-state index contributed by atoms with van der Waals surface area (Å²) >= 11 is 0. The van der Waals surface area contributed by atoms with E-state index in [1.807, 2.05) is 4.90 Å². The van der Waals surface area contributed by atoms with Crippen LogP contribution in [0.4, 0.5) is 0 Å². The van der Waals surface area contributed by atoms with E-state index in [-0.39, 0.29) is 6.54 Å². The Hall–Kier alpha value is -1.03. The Morgan fingerprint density at radius 3 is 3.15 bits per heavy atom. The van der Waals surface area contributed by atoms with Gasteiger partial charge < -0.3 is 10.0 Å². The maximum atomic E-state index is 10.6. The number of hydrogen-bond donors (Lipinski definition) is 1. The van der Waals surface area contributed by atoms with Crippen molar-refractivity contribution in [1.29, 1.82) is 0 Å². The largest absolute Gasteiger partial charge is 0.480 e. The molecule has 2 rings (SSSR count). The van der Waals surface area contributed by atoms with Gasteiger partial charge in [0.1, 0.15) is 0 Å². The van der Waals surface area contributed by atoms with E-state index in [2.05, 4.69) is 11.5 Å². The molecule has 13 heavy (non-hydrogen) atoms. The second kappa shape index (κ2) is 3.03. The zero-order valence-corrected chi connectivity index (χ0v) is 7.57. The summed E-state index contributed by atoms with van der Waals surface area (Å²) in [6.45, 7) is 6.82. The normalized spacial score (nSPS) is 28.2. The Labute approximate surface area is 77.4 Å². The van der Waals surface area contributed by atoms with Gasteiger partial charge in [-0.2, -0.15) is 0 Å². The number of piperazine rings is 1. The third-order valence-corrected chi connectivity index (χ3v) is 2.85. The van der Waals surface area contributed by atoms with Crippen molar-refractivity contribution in [2.24, 2.45) is 0 Å². The molecular formula is C9H14N2O2. The summed E-state index contributed by atoms with van der Waals surface area (Å²) in [6.07, 6.45) is 1.08. The van der Waals surface area contributed by atoms with Crippen LogP contribution < -0.4 is 0 Å². The van der Waals surface area contributed by atoms with Gasteiger partial charge in [0.15, 0.2) is 0 Å². The van der Waals surface area contributed by atoms with Crippen LogP contribution in [-0.4, -0.2) is 53.1 Å². The minimum absolute atomic E-state index is 0.150. The Balaban J connectivity index is 2.04. The zero-order chi connectivity index (χ0) is 9.42. The van der Waals surface area contributed by atoms with Crippen LogP contribution in [-0.2, 0) is 4.79 Å². The van der Waals surface area contributed by atoms with Crippen LogP contribution in [0.2, 0.25) is 0 Å². The van der Waals surface area contributed by atoms with E-state index < -0.39 is 5.97 Å². The summed E-state index contributed by atoms with van der Waals surface area (Å²) in [5.74, 6) is -0.742. The van der Waals surface area contributed by atoms with Crippen LogP contribution in [0, 0.1) is 0 Å². The Kier molecular flexibility index (Phi) is 2.00. The van der Waals surface area contributed by atoms with Gasteiger partial charge in [0, 0.05) is 31.4 Å². The van der Waals surface area contributed by atoms with Crippen LogP contribution in [0.15, 0.2) is 12.3 Å². The van der Waals surface area contributed by atoms with E-state index >= 15 is 0 Å². The van der Waals surface area contributed by atoms with E-state index in [0.29, 0.717) is 6.04 Å². The smallest absolute Gasteiger partial charge is 0.317 e. The molecule has 0 aromatic rings. The highest BCUT2D eigenvalue weighted by Gasteiger charge is 2.34. The van der Waals surface area contributed by atoms with Gasteiger partial charge in [-0.1, -0.05) is 6.58 Å². The van der Waals surface area contributed by atoms with Crippen molar-refractivity contribution in [1.82, 2.24) is 9.80 Å². The van der Waals surface area contributed by atoms with Crippen molar-refractivity contribution in [3.8, 4) is 0 Å². The van der Waals surface area contributed by atoms with Crippen molar-refractivity contribution in [2.75, 3.05) is 26.2 Å². The molecule has 72 valence electrons. The molecule has 2 heterocycles. The third-order valence-electron chi connectivity index (χ3n) is 2.85. The fourth-order valence-electron chi connectivity index (χ4n) is 2.15. The first kappa shape index (κ1) is 8.56. The average Bonchev–Trinajstić information content (AvgIpc) is 2.44. The van der Waals surface area contributed by atoms with Crippen molar-refractivity contribution < 1.29 is 9.90 Å². The van der Waals surface area contributed by atoms with Gasteiger partial charge in [-0.05, 0) is 6.42 Å². The number of carboxylic acid groups (broad SMARTS) is 1. The molecule has 1 atom stereocenters. The molecular weight excluding hydrogens is 168 g/mol. The molecule has 0 amide bonds. The van der Waals surface area contributed by atoms with Gasteiger partial charge in [-0.25, -0.2) is 0 Å². The molecule has 2 aliphatic heterocycles. The van der Waals surface area contributed by atoms with Gasteiger partial charge in [-0.15, -0.1) is 0 Å². The van der Waals surface area contributed by atoms with Gasteiger partial charge in [0.2, 0.25) is 0 Å². The van der Waals surface area contributed by atoms with Crippen LogP contribution >= 0.6 is 0 Å². The number of fused-ring (bicyclic) bond motifs is 2. The first-order valence-corrected chi connectivity index (χ1v) is 4.55. The fourth-order valence-corrected chi connectivity index (χ4v) is 2.15. The van der Waals surface area contributed by atoms with Gasteiger partial charge in [0.25, 0.3) is 0 Å². The SMILES string of the molecule is C=C1CN(CC(=O)O)C2CCN1C2. The van der Waals surface area contributed by atoms with Crippen LogP contribution in [0.1, 0.15) is 6.42 Å². The quantitative estimate of drug-likeness (QED) is 0.651. The predicted octanol–water partition coefficient (Wildman–Crippen LogP) is -0.0254. The number of carboxylic acids is 1. The average molecular weight is 182 g/mol. The number of nitrogens with zero attached hydrogens (tertiary/aromatic N) is 2. The Morgan fingerprint density at radius 1 is 1.69 bits per heavy atom. The zero-order valence-electron chi connectivity index (χ0n) is 7.57. The van der Waals surface area contributed by atoms with Crippen molar-refractivity contribution in [3.05, 3.63) is 12.3 Å². The maximum absolute atomic E-state index is 10.6. The van der Waals surface area contributed by atoms with Gasteiger partial charge in [-0.3, -0.25) is 9.69 Å². The molecule has 1 N–H and O–H groups in total. The van der Waals surface area contributed by atoms with Crippen LogP contribution in [0.3, 0.4) is 0 Å². The molecule has 0 aromatic heterocycles. The number of rotatable bonds is 2. The molecule has 1 unspecified atom stereocenters. The molecule has 2 fully saturated rings. The minimum atomic E-state index is -0.742. The molecule has 0 radical (unpaired) electrons. The van der Waals surface area contributed by atoms with E-state index in [9.17, 15) is 4.79 Å². The molecule has 0 aliphatic carbocycles.